The summed E-state index contributed by atoms with van der Waals surface area (Å²) in [5.74, 6) is 6.45. The molecule has 2 aromatic heterocycles. The third-order valence-electron chi connectivity index (χ3n) is 4.67. The second-order valence-corrected chi connectivity index (χ2v) is 6.73. The molecule has 0 aliphatic rings. The summed E-state index contributed by atoms with van der Waals surface area (Å²) in [6.07, 6.45) is 5.22. The highest BCUT2D eigenvalue weighted by molar-refractivity contribution is 5.93. The summed E-state index contributed by atoms with van der Waals surface area (Å²) < 4.78 is 0. The smallest absolute Gasteiger partial charge is 0.0761 e. The zero-order chi connectivity index (χ0) is 26.8. The summed E-state index contributed by atoms with van der Waals surface area (Å²) in [5.41, 5.74) is 6.80. The van der Waals surface area contributed by atoms with Crippen LogP contribution in [0, 0.1) is 11.8 Å². The number of benzene rings is 2. The summed E-state index contributed by atoms with van der Waals surface area (Å²) in [6, 6.07) is 20.2. The number of hydrogen-bond donors (Lipinski definition) is 2. The number of rotatable bonds is 5. The van der Waals surface area contributed by atoms with E-state index in [1.807, 2.05) is 94.6 Å². The number of fused-ring (bicyclic) bond motifs is 1. The molecule has 186 valence electrons. The Labute approximate surface area is 217 Å². The molecule has 0 unspecified atom stereocenters. The Kier molecular flexibility index (Phi) is 14.1. The first-order valence-electron chi connectivity index (χ1n) is 12.4. The highest BCUT2D eigenvalue weighted by Crippen LogP contribution is 2.28. The van der Waals surface area contributed by atoms with Crippen molar-refractivity contribution >= 4 is 22.3 Å². The maximum absolute atomic E-state index is 4.78. The minimum Gasteiger partial charge on any atom is -0.385 e. The molecule has 0 fully saturated rings. The van der Waals surface area contributed by atoms with Crippen LogP contribution in [0.5, 0.6) is 0 Å². The van der Waals surface area contributed by atoms with Crippen LogP contribution in [0.3, 0.4) is 0 Å². The summed E-state index contributed by atoms with van der Waals surface area (Å²) in [7, 11) is 0. The molecule has 0 amide bonds. The van der Waals surface area contributed by atoms with E-state index in [9.17, 15) is 0 Å². The summed E-state index contributed by atoms with van der Waals surface area (Å²) in [6.45, 7) is 20.8. The highest BCUT2D eigenvalue weighted by atomic mass is 14.9. The molecule has 0 bridgehead atoms. The van der Waals surface area contributed by atoms with Gasteiger partial charge in [-0.25, -0.2) is 4.98 Å². The fraction of sp³-hybridized carbons (Fsp3) is 0.188. The van der Waals surface area contributed by atoms with Crippen LogP contribution in [0.2, 0.25) is 0 Å². The molecular formula is C32H38N4. The molecule has 2 N–H and O–H groups in total. The van der Waals surface area contributed by atoms with Crippen LogP contribution < -0.4 is 10.6 Å². The van der Waals surface area contributed by atoms with E-state index < -0.39 is 0 Å². The Balaban J connectivity index is 0.00000101. The molecule has 36 heavy (non-hydrogen) atoms. The van der Waals surface area contributed by atoms with Crippen molar-refractivity contribution in [3.05, 3.63) is 110 Å². The third kappa shape index (κ3) is 8.45. The van der Waals surface area contributed by atoms with E-state index in [1.54, 1.807) is 12.4 Å². The molecule has 0 radical (unpaired) electrons. The Bertz CT molecular complexity index is 1250. The Morgan fingerprint density at radius 3 is 2.00 bits per heavy atom. The molecule has 0 atom stereocenters. The lowest BCUT2D eigenvalue weighted by molar-refractivity contribution is 1.21. The van der Waals surface area contributed by atoms with Crippen LogP contribution in [-0.2, 0) is 0 Å². The van der Waals surface area contributed by atoms with Crippen molar-refractivity contribution in [3.8, 4) is 23.1 Å². The molecule has 2 aromatic carbocycles. The van der Waals surface area contributed by atoms with Crippen LogP contribution in [0.4, 0.5) is 11.4 Å². The quantitative estimate of drug-likeness (QED) is 0.223. The highest BCUT2D eigenvalue weighted by Gasteiger charge is 2.07. The number of pyridine rings is 2. The number of nitrogens with zero attached hydrogens (tertiary/aromatic N) is 2. The molecule has 0 aliphatic carbocycles. The maximum atomic E-state index is 4.78. The van der Waals surface area contributed by atoms with Crippen LogP contribution in [-0.4, -0.2) is 16.5 Å². The average Bonchev–Trinajstić information content (AvgIpc) is 2.96. The third-order valence-corrected chi connectivity index (χ3v) is 4.67. The van der Waals surface area contributed by atoms with Crippen molar-refractivity contribution in [2.45, 2.75) is 34.6 Å². The summed E-state index contributed by atoms with van der Waals surface area (Å²) in [5, 5.41) is 7.43. The number of aromatic nitrogens is 2. The van der Waals surface area contributed by atoms with Gasteiger partial charge in [0.1, 0.15) is 0 Å². The Morgan fingerprint density at radius 1 is 0.861 bits per heavy atom. The summed E-state index contributed by atoms with van der Waals surface area (Å²) >= 11 is 0. The van der Waals surface area contributed by atoms with Gasteiger partial charge in [0.25, 0.3) is 0 Å². The Hall–Kier alpha value is -4.36. The minimum atomic E-state index is 0.886. The molecule has 0 aliphatic heterocycles. The second-order valence-electron chi connectivity index (χ2n) is 6.73. The average molecular weight is 479 g/mol. The van der Waals surface area contributed by atoms with Gasteiger partial charge < -0.3 is 10.6 Å². The zero-order valence-corrected chi connectivity index (χ0v) is 22.2. The van der Waals surface area contributed by atoms with Gasteiger partial charge in [0, 0.05) is 46.7 Å². The molecule has 4 aromatic rings. The van der Waals surface area contributed by atoms with Crippen molar-refractivity contribution in [1.82, 2.24) is 9.97 Å². The standard InChI is InChI=1S/C26H22N4.2C2H6.C2H4/c1-3-28-22-13-9-20(10-14-22)6-5-19-7-11-21(12-8-19)25-17-26(29-4-2)23-18-27-16-15-24(23)30-25;3*1-2/h4,7-18,28H,2-3H2,1H3,(H,29,30);2*1-2H3;1-2H2. The first-order valence-corrected chi connectivity index (χ1v) is 12.4. The van der Waals surface area contributed by atoms with Crippen LogP contribution in [0.25, 0.3) is 22.2 Å². The molecule has 0 saturated heterocycles. The molecule has 4 heteroatoms. The van der Waals surface area contributed by atoms with Crippen molar-refractivity contribution in [2.75, 3.05) is 17.2 Å². The van der Waals surface area contributed by atoms with Crippen LogP contribution >= 0.6 is 0 Å². The lowest BCUT2D eigenvalue weighted by atomic mass is 10.1. The maximum Gasteiger partial charge on any atom is 0.0761 e. The largest absolute Gasteiger partial charge is 0.385 e. The monoisotopic (exact) mass is 478 g/mol. The molecule has 4 rings (SSSR count). The van der Waals surface area contributed by atoms with E-state index in [2.05, 4.69) is 54.1 Å². The number of anilines is 2. The molecule has 2 heterocycles. The van der Waals surface area contributed by atoms with Gasteiger partial charge in [0.2, 0.25) is 0 Å². The van der Waals surface area contributed by atoms with Gasteiger partial charge in [-0.3, -0.25) is 4.98 Å². The van der Waals surface area contributed by atoms with Crippen molar-refractivity contribution in [3.63, 3.8) is 0 Å². The SMILES string of the molecule is C=C.C=CNc1cc(-c2ccc(C#Cc3ccc(NCC)cc3)cc2)nc2ccncc12.CC.CC. The van der Waals surface area contributed by atoms with Crippen LogP contribution in [0.1, 0.15) is 45.7 Å². The van der Waals surface area contributed by atoms with E-state index in [4.69, 9.17) is 4.98 Å². The number of nitrogens with one attached hydrogen (secondary N) is 2. The molecule has 0 spiro atoms. The van der Waals surface area contributed by atoms with E-state index >= 15 is 0 Å². The lowest BCUT2D eigenvalue weighted by Gasteiger charge is -2.09. The normalized spacial score (nSPS) is 8.92. The van der Waals surface area contributed by atoms with Gasteiger partial charge in [-0.15, -0.1) is 13.2 Å². The first kappa shape index (κ1) is 29.7. The minimum absolute atomic E-state index is 0.886. The van der Waals surface area contributed by atoms with Gasteiger partial charge in [0.15, 0.2) is 0 Å². The fourth-order valence-electron chi connectivity index (χ4n) is 3.19. The predicted octanol–water partition coefficient (Wildman–Crippen LogP) is 8.54. The van der Waals surface area contributed by atoms with Gasteiger partial charge in [-0.2, -0.15) is 0 Å². The zero-order valence-electron chi connectivity index (χ0n) is 22.2. The van der Waals surface area contributed by atoms with Gasteiger partial charge in [-0.1, -0.05) is 58.2 Å². The first-order chi connectivity index (χ1) is 17.8. The fourth-order valence-corrected chi connectivity index (χ4v) is 3.19. The second kappa shape index (κ2) is 17.1. The van der Waals surface area contributed by atoms with Crippen molar-refractivity contribution < 1.29 is 0 Å². The predicted molar refractivity (Wildman–Crippen MR) is 159 cm³/mol. The van der Waals surface area contributed by atoms with E-state index in [1.165, 1.54) is 0 Å². The lowest BCUT2D eigenvalue weighted by Crippen LogP contribution is -1.95. The van der Waals surface area contributed by atoms with E-state index in [0.717, 1.165) is 51.2 Å². The van der Waals surface area contributed by atoms with Gasteiger partial charge in [-0.05, 0) is 61.7 Å². The molecule has 4 nitrogen and oxygen atoms in total. The van der Waals surface area contributed by atoms with E-state index in [-0.39, 0.29) is 0 Å². The summed E-state index contributed by atoms with van der Waals surface area (Å²) in [4.78, 5) is 8.97. The molecular weight excluding hydrogens is 440 g/mol. The Morgan fingerprint density at radius 2 is 1.44 bits per heavy atom. The van der Waals surface area contributed by atoms with Gasteiger partial charge >= 0.3 is 0 Å². The number of hydrogen-bond acceptors (Lipinski definition) is 4. The van der Waals surface area contributed by atoms with E-state index in [0.29, 0.717) is 0 Å². The topological polar surface area (TPSA) is 49.8 Å². The van der Waals surface area contributed by atoms with Gasteiger partial charge in [0.05, 0.1) is 16.9 Å². The van der Waals surface area contributed by atoms with Crippen molar-refractivity contribution in [2.24, 2.45) is 0 Å². The van der Waals surface area contributed by atoms with Crippen molar-refractivity contribution in [1.29, 1.82) is 0 Å². The van der Waals surface area contributed by atoms with Crippen LogP contribution in [0.15, 0.2) is 99.0 Å². The molecule has 0 saturated carbocycles.